The van der Waals surface area contributed by atoms with Crippen LogP contribution in [-0.2, 0) is 0 Å². The van der Waals surface area contributed by atoms with E-state index >= 15 is 0 Å². The van der Waals surface area contributed by atoms with E-state index in [0.717, 1.165) is 11.8 Å². The minimum atomic E-state index is 0.596. The fourth-order valence-corrected chi connectivity index (χ4v) is 3.06. The normalized spacial score (nSPS) is 44.6. The number of nitrogens with one attached hydrogen (secondary N) is 1. The number of hydrogen-bond donors (Lipinski definition) is 1. The second-order valence-electron chi connectivity index (χ2n) is 4.64. The van der Waals surface area contributed by atoms with E-state index in [-0.39, 0.29) is 0 Å². The van der Waals surface area contributed by atoms with Crippen LogP contribution in [0.5, 0.6) is 0 Å². The highest BCUT2D eigenvalue weighted by atomic mass is 15.0. The van der Waals surface area contributed by atoms with Crippen LogP contribution in [0, 0.1) is 11.8 Å². The van der Waals surface area contributed by atoms with Crippen molar-refractivity contribution in [2.24, 2.45) is 11.8 Å². The summed E-state index contributed by atoms with van der Waals surface area (Å²) in [5.74, 6) is 1.64. The minimum absolute atomic E-state index is 0.596. The minimum Gasteiger partial charge on any atom is -0.304 e. The Hall–Kier alpha value is -0.820. The van der Waals surface area contributed by atoms with E-state index in [1.165, 1.54) is 19.3 Å². The highest BCUT2D eigenvalue weighted by Gasteiger charge is 2.35. The molecule has 14 heavy (non-hydrogen) atoms. The van der Waals surface area contributed by atoms with Crippen molar-refractivity contribution in [1.29, 1.82) is 0 Å². The summed E-state index contributed by atoms with van der Waals surface area (Å²) in [7, 11) is 0. The molecule has 0 radical (unpaired) electrons. The van der Waals surface area contributed by atoms with Crippen molar-refractivity contribution in [2.75, 3.05) is 0 Å². The Kier molecular flexibility index (Phi) is 2.06. The van der Waals surface area contributed by atoms with Gasteiger partial charge in [0.05, 0.1) is 0 Å². The van der Waals surface area contributed by atoms with Gasteiger partial charge in [-0.05, 0) is 31.1 Å². The molecule has 1 fully saturated rings. The number of allylic oxidation sites excluding steroid dienone is 4. The lowest BCUT2D eigenvalue weighted by atomic mass is 9.74. The molecule has 0 aromatic carbocycles. The van der Waals surface area contributed by atoms with Gasteiger partial charge in [-0.2, -0.15) is 0 Å². The molecule has 0 spiro atoms. The lowest BCUT2D eigenvalue weighted by Gasteiger charge is -2.41. The van der Waals surface area contributed by atoms with Crippen molar-refractivity contribution in [3.8, 4) is 0 Å². The Morgan fingerprint density at radius 2 is 2.00 bits per heavy atom. The molecular formula is C13H17N. The molecule has 2 bridgehead atoms. The molecule has 74 valence electrons. The summed E-state index contributed by atoms with van der Waals surface area (Å²) in [5.41, 5.74) is 0. The fourth-order valence-electron chi connectivity index (χ4n) is 3.06. The molecule has 4 atom stereocenters. The summed E-state index contributed by atoms with van der Waals surface area (Å²) in [5, 5.41) is 3.71. The van der Waals surface area contributed by atoms with Crippen LogP contribution in [0.1, 0.15) is 19.3 Å². The summed E-state index contributed by atoms with van der Waals surface area (Å²) in [4.78, 5) is 0. The van der Waals surface area contributed by atoms with Crippen molar-refractivity contribution in [3.05, 3.63) is 36.5 Å². The molecular weight excluding hydrogens is 170 g/mol. The Balaban J connectivity index is 1.90. The largest absolute Gasteiger partial charge is 0.304 e. The van der Waals surface area contributed by atoms with E-state index < -0.39 is 0 Å². The van der Waals surface area contributed by atoms with Gasteiger partial charge in [0.25, 0.3) is 0 Å². The average molecular weight is 187 g/mol. The predicted octanol–water partition coefficient (Wildman–Crippen LogP) is 2.43. The van der Waals surface area contributed by atoms with Gasteiger partial charge in [-0.15, -0.1) is 0 Å². The zero-order valence-corrected chi connectivity index (χ0v) is 8.39. The van der Waals surface area contributed by atoms with Gasteiger partial charge in [-0.1, -0.05) is 36.5 Å². The Labute approximate surface area is 85.6 Å². The first-order valence-corrected chi connectivity index (χ1v) is 5.71. The quantitative estimate of drug-likeness (QED) is 0.574. The molecule has 0 aromatic heterocycles. The number of rotatable bonds is 0. The van der Waals surface area contributed by atoms with Crippen LogP contribution in [0.4, 0.5) is 0 Å². The monoisotopic (exact) mass is 187 g/mol. The van der Waals surface area contributed by atoms with E-state index in [1.54, 1.807) is 0 Å². The molecule has 1 saturated heterocycles. The first kappa shape index (κ1) is 8.49. The van der Waals surface area contributed by atoms with Crippen molar-refractivity contribution in [1.82, 2.24) is 5.32 Å². The Morgan fingerprint density at radius 1 is 1.07 bits per heavy atom. The molecule has 0 aromatic rings. The van der Waals surface area contributed by atoms with Crippen molar-refractivity contribution < 1.29 is 0 Å². The molecule has 3 aliphatic rings. The lowest BCUT2D eigenvalue weighted by Crippen LogP contribution is -2.50. The summed E-state index contributed by atoms with van der Waals surface area (Å²) in [6, 6.07) is 1.22. The molecule has 0 saturated carbocycles. The highest BCUT2D eigenvalue weighted by Crippen LogP contribution is 2.35. The molecule has 4 unspecified atom stereocenters. The molecule has 1 heterocycles. The average Bonchev–Trinajstić information content (AvgIpc) is 2.41. The van der Waals surface area contributed by atoms with E-state index in [9.17, 15) is 0 Å². The van der Waals surface area contributed by atoms with Crippen molar-refractivity contribution >= 4 is 0 Å². The second-order valence-corrected chi connectivity index (χ2v) is 4.64. The van der Waals surface area contributed by atoms with Gasteiger partial charge >= 0.3 is 0 Å². The maximum absolute atomic E-state index is 3.71. The molecule has 1 heteroatoms. The molecule has 1 nitrogen and oxygen atoms in total. The highest BCUT2D eigenvalue weighted by molar-refractivity contribution is 5.19. The molecule has 0 amide bonds. The van der Waals surface area contributed by atoms with Gasteiger partial charge in [0, 0.05) is 12.1 Å². The maximum Gasteiger partial charge on any atom is 0.0289 e. The first-order valence-electron chi connectivity index (χ1n) is 5.71. The van der Waals surface area contributed by atoms with E-state index in [1.807, 2.05) is 0 Å². The second kappa shape index (κ2) is 3.39. The molecule has 1 aliphatic heterocycles. The number of hydrogen-bond acceptors (Lipinski definition) is 1. The van der Waals surface area contributed by atoms with Gasteiger partial charge < -0.3 is 5.32 Å². The van der Waals surface area contributed by atoms with Crippen LogP contribution < -0.4 is 5.32 Å². The molecule has 2 aliphatic carbocycles. The Bertz CT molecular complexity index is 300. The van der Waals surface area contributed by atoms with Gasteiger partial charge in [0.1, 0.15) is 0 Å². The maximum atomic E-state index is 3.71. The van der Waals surface area contributed by atoms with Crippen LogP contribution in [-0.4, -0.2) is 12.1 Å². The van der Waals surface area contributed by atoms with Gasteiger partial charge in [0.2, 0.25) is 0 Å². The zero-order valence-electron chi connectivity index (χ0n) is 8.39. The number of fused-ring (bicyclic) bond motifs is 4. The third-order valence-electron chi connectivity index (χ3n) is 3.77. The van der Waals surface area contributed by atoms with Crippen molar-refractivity contribution in [2.45, 2.75) is 31.3 Å². The SMILES string of the molecule is C1=CC2CC(C=C1)C1CCC=CC1N2. The predicted molar refractivity (Wildman–Crippen MR) is 59.0 cm³/mol. The van der Waals surface area contributed by atoms with Crippen LogP contribution in [0.3, 0.4) is 0 Å². The summed E-state index contributed by atoms with van der Waals surface area (Å²) >= 11 is 0. The topological polar surface area (TPSA) is 12.0 Å². The fraction of sp³-hybridized carbons (Fsp3) is 0.538. The van der Waals surface area contributed by atoms with E-state index in [0.29, 0.717) is 12.1 Å². The van der Waals surface area contributed by atoms with Crippen LogP contribution >= 0.6 is 0 Å². The first-order chi connectivity index (χ1) is 6.93. The summed E-state index contributed by atoms with van der Waals surface area (Å²) < 4.78 is 0. The van der Waals surface area contributed by atoms with Crippen LogP contribution in [0.25, 0.3) is 0 Å². The third kappa shape index (κ3) is 1.36. The Morgan fingerprint density at radius 3 is 3.00 bits per heavy atom. The lowest BCUT2D eigenvalue weighted by molar-refractivity contribution is 0.211. The third-order valence-corrected chi connectivity index (χ3v) is 3.77. The van der Waals surface area contributed by atoms with Gasteiger partial charge in [0.15, 0.2) is 0 Å². The molecule has 3 rings (SSSR count). The van der Waals surface area contributed by atoms with E-state index in [2.05, 4.69) is 41.8 Å². The van der Waals surface area contributed by atoms with E-state index in [4.69, 9.17) is 0 Å². The van der Waals surface area contributed by atoms with Crippen LogP contribution in [0.15, 0.2) is 36.5 Å². The number of piperidine rings is 1. The summed E-state index contributed by atoms with van der Waals surface area (Å²) in [6.45, 7) is 0. The molecule has 1 N–H and O–H groups in total. The standard InChI is InChI=1S/C13H17N/c1-2-6-11-9-10(5-1)12-7-3-4-8-13(12)14-11/h1-2,4-6,8,10-14H,3,7,9H2. The smallest absolute Gasteiger partial charge is 0.0289 e. The van der Waals surface area contributed by atoms with Crippen molar-refractivity contribution in [3.63, 3.8) is 0 Å². The van der Waals surface area contributed by atoms with Gasteiger partial charge in [-0.3, -0.25) is 0 Å². The summed E-state index contributed by atoms with van der Waals surface area (Å²) in [6.07, 6.45) is 17.8. The zero-order chi connectivity index (χ0) is 9.38. The van der Waals surface area contributed by atoms with Crippen LogP contribution in [0.2, 0.25) is 0 Å². The van der Waals surface area contributed by atoms with Gasteiger partial charge in [-0.25, -0.2) is 0 Å².